The highest BCUT2D eigenvalue weighted by molar-refractivity contribution is 5.75. The summed E-state index contributed by atoms with van der Waals surface area (Å²) in [4.78, 5) is 0. The van der Waals surface area contributed by atoms with Crippen LogP contribution >= 0.6 is 0 Å². The van der Waals surface area contributed by atoms with E-state index in [1.165, 1.54) is 6.07 Å². The van der Waals surface area contributed by atoms with Gasteiger partial charge in [0, 0.05) is 22.8 Å². The predicted octanol–water partition coefficient (Wildman–Crippen LogP) is 9.19. The second kappa shape index (κ2) is 12.3. The van der Waals surface area contributed by atoms with Crippen molar-refractivity contribution >= 4 is 12.2 Å². The molecule has 0 saturated carbocycles. The lowest BCUT2D eigenvalue weighted by Gasteiger charge is -2.11. The van der Waals surface area contributed by atoms with Gasteiger partial charge >= 0.3 is 0 Å². The van der Waals surface area contributed by atoms with Crippen LogP contribution in [0.3, 0.4) is 0 Å². The number of rotatable bonds is 10. The Morgan fingerprint density at radius 1 is 0.649 bits per heavy atom. The van der Waals surface area contributed by atoms with E-state index < -0.39 is 11.6 Å². The highest BCUT2D eigenvalue weighted by Gasteiger charge is 2.16. The third-order valence-electron chi connectivity index (χ3n) is 5.97. The number of ether oxygens (including phenoxy) is 2. The van der Waals surface area contributed by atoms with Crippen LogP contribution in [0.4, 0.5) is 13.2 Å². The molecular formula is C32H29F3O2. The Balaban J connectivity index is 1.49. The van der Waals surface area contributed by atoms with Crippen molar-refractivity contribution in [2.45, 2.75) is 26.7 Å². The van der Waals surface area contributed by atoms with Gasteiger partial charge in [-0.2, -0.15) is 0 Å². The lowest BCUT2D eigenvalue weighted by Crippen LogP contribution is -1.97. The normalized spacial score (nSPS) is 11.2. The molecule has 0 spiro atoms. The summed E-state index contributed by atoms with van der Waals surface area (Å²) >= 11 is 0. The zero-order chi connectivity index (χ0) is 26.2. The second-order valence-electron chi connectivity index (χ2n) is 8.59. The van der Waals surface area contributed by atoms with Gasteiger partial charge < -0.3 is 9.47 Å². The van der Waals surface area contributed by atoms with Gasteiger partial charge in [-0.3, -0.25) is 0 Å². The first-order valence-corrected chi connectivity index (χ1v) is 12.4. The zero-order valence-electron chi connectivity index (χ0n) is 20.9. The molecule has 0 bridgehead atoms. The SMILES string of the molecule is CCCCOc1ccc(-c2ccc(-c3ccc(/C=C/c4ccc(OCC)cc4F)cc3)c(F)c2F)cc1. The fraction of sp³-hybridized carbons (Fsp3) is 0.188. The van der Waals surface area contributed by atoms with Gasteiger partial charge in [-0.05, 0) is 54.3 Å². The van der Waals surface area contributed by atoms with Crippen molar-refractivity contribution in [2.24, 2.45) is 0 Å². The van der Waals surface area contributed by atoms with Gasteiger partial charge in [-0.25, -0.2) is 13.2 Å². The largest absolute Gasteiger partial charge is 0.494 e. The van der Waals surface area contributed by atoms with Gasteiger partial charge in [-0.15, -0.1) is 0 Å². The van der Waals surface area contributed by atoms with Crippen molar-refractivity contribution < 1.29 is 22.6 Å². The van der Waals surface area contributed by atoms with E-state index in [1.807, 2.05) is 6.92 Å². The zero-order valence-corrected chi connectivity index (χ0v) is 20.9. The third kappa shape index (κ3) is 6.42. The summed E-state index contributed by atoms with van der Waals surface area (Å²) in [5, 5.41) is 0. The van der Waals surface area contributed by atoms with Crippen LogP contribution in [0, 0.1) is 17.5 Å². The minimum atomic E-state index is -0.902. The summed E-state index contributed by atoms with van der Waals surface area (Å²) in [5.41, 5.74) is 2.72. The van der Waals surface area contributed by atoms with Gasteiger partial charge in [-0.1, -0.05) is 74.0 Å². The van der Waals surface area contributed by atoms with Crippen molar-refractivity contribution in [3.05, 3.63) is 107 Å². The highest BCUT2D eigenvalue weighted by atomic mass is 19.2. The molecule has 4 aromatic rings. The minimum Gasteiger partial charge on any atom is -0.494 e. The van der Waals surface area contributed by atoms with Crippen molar-refractivity contribution in [2.75, 3.05) is 13.2 Å². The van der Waals surface area contributed by atoms with Crippen LogP contribution in [0.1, 0.15) is 37.8 Å². The first-order chi connectivity index (χ1) is 18.0. The summed E-state index contributed by atoms with van der Waals surface area (Å²) in [6.45, 7) is 5.02. The molecule has 2 nitrogen and oxygen atoms in total. The summed E-state index contributed by atoms with van der Waals surface area (Å²) in [6, 6.07) is 21.9. The minimum absolute atomic E-state index is 0.175. The standard InChI is InChI=1S/C32H29F3O2/c1-3-5-20-37-26-15-12-24(13-16-26)29-19-18-28(31(34)32(29)35)23-9-6-22(7-10-23)8-11-25-14-17-27(36-4-2)21-30(25)33/h6-19,21H,3-5,20H2,1-2H3/b11-8+. The molecule has 0 fully saturated rings. The summed E-state index contributed by atoms with van der Waals surface area (Å²) in [7, 11) is 0. The van der Waals surface area contributed by atoms with E-state index in [0.717, 1.165) is 18.4 Å². The van der Waals surface area contributed by atoms with E-state index in [2.05, 4.69) is 6.92 Å². The molecule has 190 valence electrons. The molecular weight excluding hydrogens is 473 g/mol. The van der Waals surface area contributed by atoms with Gasteiger partial charge in [0.05, 0.1) is 13.2 Å². The molecule has 4 rings (SSSR count). The van der Waals surface area contributed by atoms with Gasteiger partial charge in [0.1, 0.15) is 17.3 Å². The predicted molar refractivity (Wildman–Crippen MR) is 144 cm³/mol. The quantitative estimate of drug-likeness (QED) is 0.159. The summed E-state index contributed by atoms with van der Waals surface area (Å²) in [5.74, 6) is -0.993. The molecule has 0 N–H and O–H groups in total. The molecule has 0 amide bonds. The Morgan fingerprint density at radius 2 is 1.24 bits per heavy atom. The molecule has 0 atom stereocenters. The van der Waals surface area contributed by atoms with E-state index in [0.29, 0.717) is 41.4 Å². The topological polar surface area (TPSA) is 18.5 Å². The maximum atomic E-state index is 15.1. The van der Waals surface area contributed by atoms with Crippen LogP contribution < -0.4 is 9.47 Å². The van der Waals surface area contributed by atoms with Gasteiger partial charge in [0.15, 0.2) is 11.6 Å². The third-order valence-corrected chi connectivity index (χ3v) is 5.97. The molecule has 0 aliphatic heterocycles. The number of hydrogen-bond acceptors (Lipinski definition) is 2. The Bertz CT molecular complexity index is 1360. The van der Waals surface area contributed by atoms with Crippen molar-refractivity contribution in [1.82, 2.24) is 0 Å². The Morgan fingerprint density at radius 3 is 1.81 bits per heavy atom. The molecule has 37 heavy (non-hydrogen) atoms. The van der Waals surface area contributed by atoms with Crippen LogP contribution in [-0.4, -0.2) is 13.2 Å². The molecule has 0 aromatic heterocycles. The van der Waals surface area contributed by atoms with Crippen LogP contribution in [0.25, 0.3) is 34.4 Å². The van der Waals surface area contributed by atoms with E-state index >= 15 is 8.78 Å². The maximum absolute atomic E-state index is 15.1. The molecule has 0 saturated heterocycles. The van der Waals surface area contributed by atoms with Crippen molar-refractivity contribution in [3.63, 3.8) is 0 Å². The van der Waals surface area contributed by atoms with Gasteiger partial charge in [0.2, 0.25) is 0 Å². The highest BCUT2D eigenvalue weighted by Crippen LogP contribution is 2.32. The Labute approximate surface area is 216 Å². The van der Waals surface area contributed by atoms with E-state index in [4.69, 9.17) is 9.47 Å². The monoisotopic (exact) mass is 502 g/mol. The van der Waals surface area contributed by atoms with Crippen LogP contribution in [0.2, 0.25) is 0 Å². The fourth-order valence-corrected chi connectivity index (χ4v) is 3.92. The number of hydrogen-bond donors (Lipinski definition) is 0. The lowest BCUT2D eigenvalue weighted by atomic mass is 9.98. The summed E-state index contributed by atoms with van der Waals surface area (Å²) < 4.78 is 55.3. The molecule has 0 heterocycles. The fourth-order valence-electron chi connectivity index (χ4n) is 3.92. The molecule has 0 aliphatic rings. The van der Waals surface area contributed by atoms with Crippen molar-refractivity contribution in [3.8, 4) is 33.8 Å². The molecule has 0 radical (unpaired) electrons. The number of benzene rings is 4. The van der Waals surface area contributed by atoms with E-state index in [1.54, 1.807) is 84.9 Å². The average Bonchev–Trinajstić information content (AvgIpc) is 2.91. The van der Waals surface area contributed by atoms with Crippen molar-refractivity contribution in [1.29, 1.82) is 0 Å². The van der Waals surface area contributed by atoms with E-state index in [-0.39, 0.29) is 16.9 Å². The van der Waals surface area contributed by atoms with Gasteiger partial charge in [0.25, 0.3) is 0 Å². The second-order valence-corrected chi connectivity index (χ2v) is 8.59. The Kier molecular flexibility index (Phi) is 8.68. The first-order valence-electron chi connectivity index (χ1n) is 12.4. The molecule has 0 aliphatic carbocycles. The first kappa shape index (κ1) is 26.1. The molecule has 5 heteroatoms. The smallest absolute Gasteiger partial charge is 0.167 e. The lowest BCUT2D eigenvalue weighted by molar-refractivity contribution is 0.309. The molecule has 4 aromatic carbocycles. The van der Waals surface area contributed by atoms with Crippen LogP contribution in [0.5, 0.6) is 11.5 Å². The van der Waals surface area contributed by atoms with Crippen LogP contribution in [-0.2, 0) is 0 Å². The average molecular weight is 503 g/mol. The van der Waals surface area contributed by atoms with E-state index in [9.17, 15) is 4.39 Å². The molecule has 0 unspecified atom stereocenters. The summed E-state index contributed by atoms with van der Waals surface area (Å²) in [6.07, 6.45) is 5.42. The number of halogens is 3. The maximum Gasteiger partial charge on any atom is 0.167 e. The number of unbranched alkanes of at least 4 members (excludes halogenated alkanes) is 1. The Hall–Kier alpha value is -3.99. The van der Waals surface area contributed by atoms with Crippen LogP contribution in [0.15, 0.2) is 78.9 Å².